The van der Waals surface area contributed by atoms with Gasteiger partial charge in [0.2, 0.25) is 0 Å². The minimum atomic E-state index is -0.116. The van der Waals surface area contributed by atoms with Crippen LogP contribution in [0.2, 0.25) is 0 Å². The molecule has 0 aromatic rings. The fraction of sp³-hybridized carbons (Fsp3) is 0.286. The number of hydrogen-bond acceptors (Lipinski definition) is 1. The summed E-state index contributed by atoms with van der Waals surface area (Å²) in [6.07, 6.45) is 5.04. The van der Waals surface area contributed by atoms with Gasteiger partial charge in [-0.25, -0.2) is 0 Å². The van der Waals surface area contributed by atoms with Crippen LogP contribution in [0.1, 0.15) is 6.92 Å². The molecule has 0 radical (unpaired) electrons. The van der Waals surface area contributed by atoms with Gasteiger partial charge >= 0.3 is 0 Å². The number of halogens is 2. The Bertz CT molecular complexity index is 216. The van der Waals surface area contributed by atoms with Gasteiger partial charge in [-0.15, -0.1) is 11.6 Å². The minimum Gasteiger partial charge on any atom is -0.263 e. The highest BCUT2D eigenvalue weighted by Gasteiger charge is 2.07. The van der Waals surface area contributed by atoms with Crippen molar-refractivity contribution in [3.05, 3.63) is 22.9 Å². The molecule has 0 fully saturated rings. The number of alkyl halides is 1. The Morgan fingerprint density at radius 2 is 2.30 bits per heavy atom. The van der Waals surface area contributed by atoms with Crippen LogP contribution in [-0.4, -0.2) is 11.6 Å². The number of nitrogens with zero attached hydrogens (tertiary/aromatic N) is 1. The highest BCUT2D eigenvalue weighted by atomic mass is 35.5. The molecule has 0 saturated heterocycles. The molecule has 1 aliphatic rings. The van der Waals surface area contributed by atoms with Crippen molar-refractivity contribution in [2.75, 3.05) is 0 Å². The predicted molar refractivity (Wildman–Crippen MR) is 45.8 cm³/mol. The van der Waals surface area contributed by atoms with Crippen molar-refractivity contribution in [2.24, 2.45) is 4.99 Å². The fourth-order valence-corrected chi connectivity index (χ4v) is 1.02. The third-order valence-corrected chi connectivity index (χ3v) is 2.19. The molecule has 1 rings (SSSR count). The van der Waals surface area contributed by atoms with Crippen molar-refractivity contribution in [1.82, 2.24) is 0 Å². The molecule has 0 aliphatic carbocycles. The summed E-state index contributed by atoms with van der Waals surface area (Å²) in [6.45, 7) is 1.89. The zero-order valence-electron chi connectivity index (χ0n) is 5.51. The average molecular weight is 176 g/mol. The summed E-state index contributed by atoms with van der Waals surface area (Å²) < 4.78 is 0. The highest BCUT2D eigenvalue weighted by Crippen LogP contribution is 2.18. The second-order valence-corrected chi connectivity index (χ2v) is 2.93. The highest BCUT2D eigenvalue weighted by molar-refractivity contribution is 6.40. The molecule has 0 N–H and O–H groups in total. The van der Waals surface area contributed by atoms with E-state index in [-0.39, 0.29) is 5.38 Å². The lowest BCUT2D eigenvalue weighted by Gasteiger charge is -2.02. The van der Waals surface area contributed by atoms with Gasteiger partial charge in [0.1, 0.15) is 0 Å². The van der Waals surface area contributed by atoms with Crippen LogP contribution >= 0.6 is 23.2 Å². The van der Waals surface area contributed by atoms with E-state index in [9.17, 15) is 0 Å². The molecule has 0 amide bonds. The summed E-state index contributed by atoms with van der Waals surface area (Å²) in [7, 11) is 0. The first kappa shape index (κ1) is 7.83. The van der Waals surface area contributed by atoms with Crippen LogP contribution in [0.3, 0.4) is 0 Å². The molecule has 0 spiro atoms. The minimum absolute atomic E-state index is 0.116. The second kappa shape index (κ2) is 3.22. The van der Waals surface area contributed by atoms with Gasteiger partial charge in [0.05, 0.1) is 10.4 Å². The van der Waals surface area contributed by atoms with E-state index in [4.69, 9.17) is 23.2 Å². The van der Waals surface area contributed by atoms with Crippen LogP contribution in [0, 0.1) is 0 Å². The first-order valence-electron chi connectivity index (χ1n) is 2.92. The Kier molecular flexibility index (Phi) is 2.52. The van der Waals surface area contributed by atoms with Gasteiger partial charge in [-0.1, -0.05) is 11.6 Å². The van der Waals surface area contributed by atoms with Crippen LogP contribution < -0.4 is 0 Å². The topological polar surface area (TPSA) is 12.4 Å². The summed E-state index contributed by atoms with van der Waals surface area (Å²) >= 11 is 11.6. The fourth-order valence-electron chi connectivity index (χ4n) is 0.612. The maximum atomic E-state index is 5.86. The molecule has 0 bridgehead atoms. The molecule has 0 aromatic heterocycles. The number of aliphatic imine (C=N–C) groups is 1. The van der Waals surface area contributed by atoms with E-state index in [1.807, 2.05) is 6.92 Å². The molecule has 1 heterocycles. The normalized spacial score (nSPS) is 25.3. The summed E-state index contributed by atoms with van der Waals surface area (Å²) in [4.78, 5) is 3.87. The van der Waals surface area contributed by atoms with Gasteiger partial charge in [0.15, 0.2) is 0 Å². The summed E-state index contributed by atoms with van der Waals surface area (Å²) in [5.41, 5.74) is 0.945. The second-order valence-electron chi connectivity index (χ2n) is 2.05. The molecular weight excluding hydrogens is 169 g/mol. The molecule has 1 unspecified atom stereocenters. The van der Waals surface area contributed by atoms with Crippen LogP contribution in [0.4, 0.5) is 0 Å². The zero-order chi connectivity index (χ0) is 7.56. The lowest BCUT2D eigenvalue weighted by Crippen LogP contribution is -1.95. The van der Waals surface area contributed by atoms with Gasteiger partial charge in [-0.05, 0) is 18.6 Å². The van der Waals surface area contributed by atoms with E-state index in [2.05, 4.69) is 4.99 Å². The molecule has 1 aliphatic heterocycles. The lowest BCUT2D eigenvalue weighted by atomic mass is 10.2. The molecule has 1 atom stereocenters. The number of rotatable bonds is 0. The number of hydrogen-bond donors (Lipinski definition) is 0. The summed E-state index contributed by atoms with van der Waals surface area (Å²) in [6, 6.07) is 0. The maximum Gasteiger partial charge on any atom is 0.0759 e. The smallest absolute Gasteiger partial charge is 0.0759 e. The standard InChI is InChI=1S/C7H7Cl2N/c1-5-6(8)2-3-10-4-7(5)9/h2-4,6H,1H3. The zero-order valence-corrected chi connectivity index (χ0v) is 7.02. The van der Waals surface area contributed by atoms with E-state index < -0.39 is 0 Å². The van der Waals surface area contributed by atoms with E-state index in [1.54, 1.807) is 18.5 Å². The van der Waals surface area contributed by atoms with E-state index in [0.29, 0.717) is 5.03 Å². The molecular formula is C7H7Cl2N. The van der Waals surface area contributed by atoms with E-state index >= 15 is 0 Å². The third-order valence-electron chi connectivity index (χ3n) is 1.32. The molecule has 1 nitrogen and oxygen atoms in total. The maximum absolute atomic E-state index is 5.86. The van der Waals surface area contributed by atoms with Gasteiger partial charge in [-0.3, -0.25) is 4.99 Å². The van der Waals surface area contributed by atoms with Crippen LogP contribution in [0.15, 0.2) is 27.9 Å². The van der Waals surface area contributed by atoms with Crippen molar-refractivity contribution in [3.8, 4) is 0 Å². The van der Waals surface area contributed by atoms with Gasteiger partial charge in [0.25, 0.3) is 0 Å². The van der Waals surface area contributed by atoms with Crippen LogP contribution in [0.25, 0.3) is 0 Å². The Labute approximate surface area is 70.0 Å². The quantitative estimate of drug-likeness (QED) is 0.503. The molecule has 3 heteroatoms. The molecule has 0 saturated carbocycles. The third kappa shape index (κ3) is 1.61. The van der Waals surface area contributed by atoms with E-state index in [0.717, 1.165) is 5.57 Å². The van der Waals surface area contributed by atoms with Crippen LogP contribution in [0.5, 0.6) is 0 Å². The largest absolute Gasteiger partial charge is 0.263 e. The van der Waals surface area contributed by atoms with Crippen molar-refractivity contribution >= 4 is 29.4 Å². The molecule has 54 valence electrons. The van der Waals surface area contributed by atoms with Crippen LogP contribution in [-0.2, 0) is 0 Å². The Morgan fingerprint density at radius 1 is 1.60 bits per heavy atom. The predicted octanol–water partition coefficient (Wildman–Crippen LogP) is 2.70. The molecule has 10 heavy (non-hydrogen) atoms. The summed E-state index contributed by atoms with van der Waals surface area (Å²) in [5, 5.41) is 0.514. The van der Waals surface area contributed by atoms with Gasteiger partial charge < -0.3 is 0 Å². The van der Waals surface area contributed by atoms with Crippen molar-refractivity contribution < 1.29 is 0 Å². The summed E-state index contributed by atoms with van der Waals surface area (Å²) in [5.74, 6) is 0. The molecule has 0 aromatic carbocycles. The van der Waals surface area contributed by atoms with Gasteiger partial charge in [-0.2, -0.15) is 0 Å². The number of allylic oxidation sites excluding steroid dienone is 3. The first-order chi connectivity index (χ1) is 4.72. The van der Waals surface area contributed by atoms with E-state index in [1.165, 1.54) is 0 Å². The van der Waals surface area contributed by atoms with Crippen molar-refractivity contribution in [1.29, 1.82) is 0 Å². The Morgan fingerprint density at radius 3 is 3.00 bits per heavy atom. The lowest BCUT2D eigenvalue weighted by molar-refractivity contribution is 1.22. The average Bonchev–Trinajstić information content (AvgIpc) is 2.04. The monoisotopic (exact) mass is 175 g/mol. The first-order valence-corrected chi connectivity index (χ1v) is 3.73. The van der Waals surface area contributed by atoms with Crippen molar-refractivity contribution in [3.63, 3.8) is 0 Å². The van der Waals surface area contributed by atoms with Crippen molar-refractivity contribution in [2.45, 2.75) is 12.3 Å². The van der Waals surface area contributed by atoms with Gasteiger partial charge in [0, 0.05) is 12.4 Å². The SMILES string of the molecule is CC1=C(Cl)C=NC=CC1Cl. The Balaban J connectivity index is 2.96. The Hall–Kier alpha value is -0.270.